The second-order valence-corrected chi connectivity index (χ2v) is 8.51. The third-order valence-corrected chi connectivity index (χ3v) is 5.22. The number of carbonyl (C=O) groups is 3. The highest BCUT2D eigenvalue weighted by atomic mass is 79.9. The monoisotopic (exact) mass is 547 g/mol. The van der Waals surface area contributed by atoms with Crippen LogP contribution in [0.3, 0.4) is 0 Å². The fourth-order valence-corrected chi connectivity index (χ4v) is 3.56. The standard InChI is InChI=1S/C25H30BrN3O6/c1-5-33-20-13-17(12-19(26)23(20)35-15-21(30)34-6-2)14-27-29-25(32)22(16(3)4)28-24(31)18-10-8-7-9-11-18/h7-14,16,22H,5-6,15H2,1-4H3,(H,28,31)(H,29,32). The Balaban J connectivity index is 2.09. The van der Waals surface area contributed by atoms with E-state index >= 15 is 0 Å². The smallest absolute Gasteiger partial charge is 0.344 e. The first-order chi connectivity index (χ1) is 16.8. The molecule has 2 amide bonds. The van der Waals surface area contributed by atoms with Crippen molar-refractivity contribution >= 4 is 39.9 Å². The van der Waals surface area contributed by atoms with Crippen molar-refractivity contribution in [2.45, 2.75) is 33.7 Å². The van der Waals surface area contributed by atoms with Gasteiger partial charge >= 0.3 is 5.97 Å². The predicted molar refractivity (Wildman–Crippen MR) is 136 cm³/mol. The van der Waals surface area contributed by atoms with Crippen molar-refractivity contribution in [3.8, 4) is 11.5 Å². The molecule has 2 aromatic rings. The van der Waals surface area contributed by atoms with Crippen molar-refractivity contribution in [3.63, 3.8) is 0 Å². The average molecular weight is 548 g/mol. The zero-order chi connectivity index (χ0) is 25.8. The summed E-state index contributed by atoms with van der Waals surface area (Å²) in [6.07, 6.45) is 1.44. The number of halogens is 1. The van der Waals surface area contributed by atoms with Crippen LogP contribution >= 0.6 is 15.9 Å². The molecule has 2 rings (SSSR count). The molecule has 0 bridgehead atoms. The van der Waals surface area contributed by atoms with E-state index in [0.717, 1.165) is 0 Å². The molecule has 9 nitrogen and oxygen atoms in total. The van der Waals surface area contributed by atoms with Crippen LogP contribution in [0.1, 0.15) is 43.6 Å². The van der Waals surface area contributed by atoms with Gasteiger partial charge < -0.3 is 19.5 Å². The number of hydrogen-bond donors (Lipinski definition) is 2. The van der Waals surface area contributed by atoms with Crippen LogP contribution in [0.5, 0.6) is 11.5 Å². The molecule has 1 atom stereocenters. The van der Waals surface area contributed by atoms with E-state index in [0.29, 0.717) is 33.7 Å². The van der Waals surface area contributed by atoms with E-state index in [2.05, 4.69) is 31.8 Å². The van der Waals surface area contributed by atoms with Crippen LogP contribution < -0.4 is 20.2 Å². The second kappa shape index (κ2) is 14.1. The zero-order valence-electron chi connectivity index (χ0n) is 20.2. The summed E-state index contributed by atoms with van der Waals surface area (Å²) in [5.74, 6) is -0.688. The SMILES string of the molecule is CCOC(=O)COc1c(Br)cc(C=NNC(=O)C(NC(=O)c2ccccc2)C(C)C)cc1OCC. The molecule has 188 valence electrons. The van der Waals surface area contributed by atoms with Gasteiger partial charge in [-0.2, -0.15) is 5.10 Å². The second-order valence-electron chi connectivity index (χ2n) is 7.65. The number of rotatable bonds is 12. The van der Waals surface area contributed by atoms with E-state index in [1.807, 2.05) is 26.8 Å². The Morgan fingerprint density at radius 1 is 1.06 bits per heavy atom. The first-order valence-electron chi connectivity index (χ1n) is 11.2. The maximum atomic E-state index is 12.7. The number of hydrogen-bond acceptors (Lipinski definition) is 7. The fraction of sp³-hybridized carbons (Fsp3) is 0.360. The topological polar surface area (TPSA) is 115 Å². The Labute approximate surface area is 213 Å². The van der Waals surface area contributed by atoms with E-state index < -0.39 is 17.9 Å². The number of nitrogens with zero attached hydrogens (tertiary/aromatic N) is 1. The van der Waals surface area contributed by atoms with Crippen LogP contribution in [-0.4, -0.2) is 49.9 Å². The summed E-state index contributed by atoms with van der Waals surface area (Å²) in [6.45, 7) is 7.57. The summed E-state index contributed by atoms with van der Waals surface area (Å²) in [4.78, 5) is 36.8. The minimum Gasteiger partial charge on any atom is -0.490 e. The number of amides is 2. The summed E-state index contributed by atoms with van der Waals surface area (Å²) in [6, 6.07) is 11.3. The van der Waals surface area contributed by atoms with Gasteiger partial charge in [-0.1, -0.05) is 32.0 Å². The van der Waals surface area contributed by atoms with E-state index in [9.17, 15) is 14.4 Å². The van der Waals surface area contributed by atoms with Gasteiger partial charge in [0.1, 0.15) is 6.04 Å². The van der Waals surface area contributed by atoms with Crippen molar-refractivity contribution < 1.29 is 28.6 Å². The van der Waals surface area contributed by atoms with E-state index in [1.165, 1.54) is 6.21 Å². The van der Waals surface area contributed by atoms with Gasteiger partial charge in [0.25, 0.3) is 11.8 Å². The van der Waals surface area contributed by atoms with Crippen molar-refractivity contribution in [3.05, 3.63) is 58.1 Å². The van der Waals surface area contributed by atoms with Crippen molar-refractivity contribution in [2.75, 3.05) is 19.8 Å². The summed E-state index contributed by atoms with van der Waals surface area (Å²) in [7, 11) is 0. The molecule has 1 unspecified atom stereocenters. The molecule has 0 radical (unpaired) electrons. The lowest BCUT2D eigenvalue weighted by Crippen LogP contribution is -2.48. The molecule has 35 heavy (non-hydrogen) atoms. The Morgan fingerprint density at radius 2 is 1.77 bits per heavy atom. The van der Waals surface area contributed by atoms with Gasteiger partial charge in [-0.15, -0.1) is 0 Å². The van der Waals surface area contributed by atoms with Crippen molar-refractivity contribution in [2.24, 2.45) is 11.0 Å². The minimum absolute atomic E-state index is 0.160. The number of hydrazone groups is 1. The third kappa shape index (κ3) is 8.71. The molecular weight excluding hydrogens is 518 g/mol. The van der Waals surface area contributed by atoms with Crippen LogP contribution in [0.2, 0.25) is 0 Å². The number of carbonyl (C=O) groups excluding carboxylic acids is 3. The maximum Gasteiger partial charge on any atom is 0.344 e. The molecule has 0 spiro atoms. The Hall–Kier alpha value is -3.40. The van der Waals surface area contributed by atoms with Gasteiger partial charge in [-0.3, -0.25) is 9.59 Å². The largest absolute Gasteiger partial charge is 0.490 e. The molecule has 0 saturated heterocycles. The fourth-order valence-electron chi connectivity index (χ4n) is 2.99. The lowest BCUT2D eigenvalue weighted by atomic mass is 10.0. The molecule has 0 aliphatic carbocycles. The zero-order valence-corrected chi connectivity index (χ0v) is 21.8. The summed E-state index contributed by atoms with van der Waals surface area (Å²) >= 11 is 3.42. The molecule has 0 saturated carbocycles. The molecular formula is C25H30BrN3O6. The highest BCUT2D eigenvalue weighted by Crippen LogP contribution is 2.36. The van der Waals surface area contributed by atoms with Crippen molar-refractivity contribution in [1.29, 1.82) is 0 Å². The Kier molecular flexibility index (Phi) is 11.2. The summed E-state index contributed by atoms with van der Waals surface area (Å²) < 4.78 is 16.6. The van der Waals surface area contributed by atoms with E-state index in [-0.39, 0.29) is 25.0 Å². The molecule has 2 N–H and O–H groups in total. The summed E-state index contributed by atoms with van der Waals surface area (Å²) in [5.41, 5.74) is 3.55. The van der Waals surface area contributed by atoms with Gasteiger partial charge in [-0.05, 0) is 65.5 Å². The predicted octanol–water partition coefficient (Wildman–Crippen LogP) is 3.69. The Morgan fingerprint density at radius 3 is 2.40 bits per heavy atom. The third-order valence-electron chi connectivity index (χ3n) is 4.63. The van der Waals surface area contributed by atoms with E-state index in [1.54, 1.807) is 43.3 Å². The van der Waals surface area contributed by atoms with Gasteiger partial charge in [0.05, 0.1) is 23.9 Å². The number of benzene rings is 2. The number of esters is 1. The van der Waals surface area contributed by atoms with Crippen LogP contribution in [0.25, 0.3) is 0 Å². The number of nitrogens with one attached hydrogen (secondary N) is 2. The van der Waals surface area contributed by atoms with Crippen LogP contribution in [0, 0.1) is 5.92 Å². The van der Waals surface area contributed by atoms with Crippen LogP contribution in [0.4, 0.5) is 0 Å². The molecule has 0 aromatic heterocycles. The summed E-state index contributed by atoms with van der Waals surface area (Å²) in [5, 5.41) is 6.78. The van der Waals surface area contributed by atoms with Gasteiger partial charge in [0.2, 0.25) is 0 Å². The highest BCUT2D eigenvalue weighted by Gasteiger charge is 2.24. The molecule has 2 aromatic carbocycles. The van der Waals surface area contributed by atoms with Crippen LogP contribution in [-0.2, 0) is 14.3 Å². The normalized spacial score (nSPS) is 11.7. The first kappa shape index (κ1) is 27.8. The lowest BCUT2D eigenvalue weighted by Gasteiger charge is -2.20. The molecule has 0 heterocycles. The lowest BCUT2D eigenvalue weighted by molar-refractivity contribution is -0.145. The van der Waals surface area contributed by atoms with Crippen molar-refractivity contribution in [1.82, 2.24) is 10.7 Å². The molecule has 0 fully saturated rings. The average Bonchev–Trinajstić information content (AvgIpc) is 2.82. The molecule has 0 aliphatic rings. The molecule has 10 heteroatoms. The van der Waals surface area contributed by atoms with E-state index in [4.69, 9.17) is 14.2 Å². The first-order valence-corrected chi connectivity index (χ1v) is 12.0. The van der Waals surface area contributed by atoms with Gasteiger partial charge in [0.15, 0.2) is 18.1 Å². The minimum atomic E-state index is -0.774. The van der Waals surface area contributed by atoms with Crippen LogP contribution in [0.15, 0.2) is 52.0 Å². The quantitative estimate of drug-likeness (QED) is 0.238. The molecule has 0 aliphatic heterocycles. The Bertz CT molecular complexity index is 1040. The number of ether oxygens (including phenoxy) is 3. The highest BCUT2D eigenvalue weighted by molar-refractivity contribution is 9.10. The van der Waals surface area contributed by atoms with Gasteiger partial charge in [-0.25, -0.2) is 10.2 Å². The van der Waals surface area contributed by atoms with Gasteiger partial charge in [0, 0.05) is 5.56 Å². The maximum absolute atomic E-state index is 12.7.